The summed E-state index contributed by atoms with van der Waals surface area (Å²) in [7, 11) is -3.63. The Balaban J connectivity index is 1.98. The van der Waals surface area contributed by atoms with Gasteiger partial charge in [-0.2, -0.15) is 4.31 Å². The second-order valence-electron chi connectivity index (χ2n) is 5.53. The average Bonchev–Trinajstić information content (AvgIpc) is 2.51. The summed E-state index contributed by atoms with van der Waals surface area (Å²) in [5.74, 6) is -0.499. The molecule has 1 fully saturated rings. The van der Waals surface area contributed by atoms with Crippen molar-refractivity contribution in [2.24, 2.45) is 5.73 Å². The van der Waals surface area contributed by atoms with E-state index in [1.807, 2.05) is 0 Å². The van der Waals surface area contributed by atoms with Crippen LogP contribution in [0.1, 0.15) is 24.8 Å². The first kappa shape index (κ1) is 17.3. The van der Waals surface area contributed by atoms with E-state index in [1.165, 1.54) is 16.4 Å². The summed E-state index contributed by atoms with van der Waals surface area (Å²) in [5.41, 5.74) is 5.85. The molecule has 2 rings (SSSR count). The molecule has 124 valence electrons. The van der Waals surface area contributed by atoms with Gasteiger partial charge in [0, 0.05) is 19.7 Å². The van der Waals surface area contributed by atoms with Crippen molar-refractivity contribution in [1.29, 1.82) is 0 Å². The Bertz CT molecular complexity index is 599. The molecule has 7 heteroatoms. The monoisotopic (exact) mass is 330 g/mol. The minimum Gasteiger partial charge on any atom is -0.378 e. The lowest BCUT2D eigenvalue weighted by atomic mass is 10.1. The first-order valence-electron chi connectivity index (χ1n) is 7.53. The molecule has 1 heterocycles. The van der Waals surface area contributed by atoms with Gasteiger partial charge in [0.25, 0.3) is 0 Å². The van der Waals surface area contributed by atoms with E-state index >= 15 is 0 Å². The van der Waals surface area contributed by atoms with Gasteiger partial charge in [0.2, 0.25) is 10.0 Å². The van der Waals surface area contributed by atoms with Gasteiger partial charge in [0.15, 0.2) is 0 Å². The van der Waals surface area contributed by atoms with E-state index in [1.54, 1.807) is 6.92 Å². The number of rotatable bonds is 6. The van der Waals surface area contributed by atoms with Crippen LogP contribution < -0.4 is 5.73 Å². The molecule has 22 heavy (non-hydrogen) atoms. The van der Waals surface area contributed by atoms with Crippen LogP contribution in [0.4, 0.5) is 4.39 Å². The van der Waals surface area contributed by atoms with Crippen molar-refractivity contribution in [1.82, 2.24) is 4.31 Å². The van der Waals surface area contributed by atoms with Crippen molar-refractivity contribution in [3.63, 3.8) is 0 Å². The standard InChI is InChI=1S/C15H23FN2O3S/c1-12-3-4-14(11-15(12)16)22(19,20)18-8-5-13(6-9-18)21-10-2-7-17/h3-4,11,13H,2,5-10,17H2,1H3. The van der Waals surface area contributed by atoms with Gasteiger partial charge >= 0.3 is 0 Å². The molecule has 0 radical (unpaired) electrons. The maximum atomic E-state index is 13.6. The molecule has 1 aliphatic heterocycles. The number of ether oxygens (including phenoxy) is 1. The fourth-order valence-corrected chi connectivity index (χ4v) is 3.94. The highest BCUT2D eigenvalue weighted by atomic mass is 32.2. The molecule has 0 spiro atoms. The number of hydrogen-bond donors (Lipinski definition) is 1. The SMILES string of the molecule is Cc1ccc(S(=O)(=O)N2CCC(OCCCN)CC2)cc1F. The molecule has 1 aromatic carbocycles. The third-order valence-corrected chi connectivity index (χ3v) is 5.78. The molecule has 0 aliphatic carbocycles. The van der Waals surface area contributed by atoms with Crippen LogP contribution in [0.25, 0.3) is 0 Å². The lowest BCUT2D eigenvalue weighted by Crippen LogP contribution is -2.41. The van der Waals surface area contributed by atoms with E-state index in [-0.39, 0.29) is 11.0 Å². The smallest absolute Gasteiger partial charge is 0.243 e. The minimum absolute atomic E-state index is 0.0121. The first-order valence-corrected chi connectivity index (χ1v) is 8.97. The number of benzene rings is 1. The second kappa shape index (κ2) is 7.50. The number of sulfonamides is 1. The average molecular weight is 330 g/mol. The normalized spacial score (nSPS) is 17.8. The second-order valence-corrected chi connectivity index (χ2v) is 7.47. The van der Waals surface area contributed by atoms with Gasteiger partial charge in [-0.15, -0.1) is 0 Å². The van der Waals surface area contributed by atoms with Crippen molar-refractivity contribution in [3.05, 3.63) is 29.6 Å². The maximum Gasteiger partial charge on any atom is 0.243 e. The first-order chi connectivity index (χ1) is 10.4. The Morgan fingerprint density at radius 1 is 1.36 bits per heavy atom. The Hall–Kier alpha value is -1.02. The fraction of sp³-hybridized carbons (Fsp3) is 0.600. The fourth-order valence-electron chi connectivity index (χ4n) is 2.46. The van der Waals surface area contributed by atoms with Gasteiger partial charge < -0.3 is 10.5 Å². The minimum atomic E-state index is -3.63. The van der Waals surface area contributed by atoms with Crippen molar-refractivity contribution in [3.8, 4) is 0 Å². The lowest BCUT2D eigenvalue weighted by molar-refractivity contribution is 0.0209. The van der Waals surface area contributed by atoms with Gasteiger partial charge in [-0.25, -0.2) is 12.8 Å². The zero-order valence-electron chi connectivity index (χ0n) is 12.8. The van der Waals surface area contributed by atoms with E-state index in [0.717, 1.165) is 12.5 Å². The number of hydrogen-bond acceptors (Lipinski definition) is 4. The molecule has 1 aromatic rings. The number of nitrogens with zero attached hydrogens (tertiary/aromatic N) is 1. The van der Waals surface area contributed by atoms with Gasteiger partial charge in [-0.05, 0) is 50.4 Å². The molecule has 0 atom stereocenters. The molecule has 5 nitrogen and oxygen atoms in total. The lowest BCUT2D eigenvalue weighted by Gasteiger charge is -2.31. The van der Waals surface area contributed by atoms with Crippen LogP contribution in [0.15, 0.2) is 23.1 Å². The third kappa shape index (κ3) is 4.04. The summed E-state index contributed by atoms with van der Waals surface area (Å²) in [6.07, 6.45) is 2.19. The Kier molecular flexibility index (Phi) is 5.91. The summed E-state index contributed by atoms with van der Waals surface area (Å²) >= 11 is 0. The van der Waals surface area contributed by atoms with E-state index < -0.39 is 15.8 Å². The van der Waals surface area contributed by atoms with Crippen LogP contribution in [-0.2, 0) is 14.8 Å². The van der Waals surface area contributed by atoms with E-state index in [0.29, 0.717) is 44.6 Å². The zero-order valence-corrected chi connectivity index (χ0v) is 13.6. The number of halogens is 1. The third-order valence-electron chi connectivity index (χ3n) is 3.88. The Labute approximate surface area is 131 Å². The van der Waals surface area contributed by atoms with Crippen LogP contribution in [0.3, 0.4) is 0 Å². The zero-order chi connectivity index (χ0) is 16.2. The van der Waals surface area contributed by atoms with Crippen molar-refractivity contribution in [2.75, 3.05) is 26.2 Å². The van der Waals surface area contributed by atoms with E-state index in [4.69, 9.17) is 10.5 Å². The Morgan fingerprint density at radius 2 is 2.05 bits per heavy atom. The summed E-state index contributed by atoms with van der Waals surface area (Å²) in [4.78, 5) is 0.0121. The number of piperidine rings is 1. The molecular weight excluding hydrogens is 307 g/mol. The summed E-state index contributed by atoms with van der Waals surface area (Å²) < 4.78 is 45.7. The topological polar surface area (TPSA) is 72.6 Å². The molecule has 0 bridgehead atoms. The molecule has 0 unspecified atom stereocenters. The summed E-state index contributed by atoms with van der Waals surface area (Å²) in [5, 5.41) is 0. The van der Waals surface area contributed by atoms with E-state index in [9.17, 15) is 12.8 Å². The van der Waals surface area contributed by atoms with Crippen LogP contribution in [0, 0.1) is 12.7 Å². The quantitative estimate of drug-likeness (QED) is 0.805. The van der Waals surface area contributed by atoms with Crippen molar-refractivity contribution < 1.29 is 17.5 Å². The van der Waals surface area contributed by atoms with Gasteiger partial charge in [0.1, 0.15) is 5.82 Å². The van der Waals surface area contributed by atoms with Crippen molar-refractivity contribution >= 4 is 10.0 Å². The molecular formula is C15H23FN2O3S. The predicted octanol–water partition coefficient (Wildman–Crippen LogP) is 1.65. The van der Waals surface area contributed by atoms with Gasteiger partial charge in [-0.3, -0.25) is 0 Å². The molecule has 0 saturated carbocycles. The largest absolute Gasteiger partial charge is 0.378 e. The van der Waals surface area contributed by atoms with Crippen LogP contribution in [-0.4, -0.2) is 45.1 Å². The molecule has 1 aliphatic rings. The maximum absolute atomic E-state index is 13.6. The Morgan fingerprint density at radius 3 is 2.64 bits per heavy atom. The number of aryl methyl sites for hydroxylation is 1. The highest BCUT2D eigenvalue weighted by Gasteiger charge is 2.30. The van der Waals surface area contributed by atoms with Gasteiger partial charge in [0.05, 0.1) is 11.0 Å². The number of nitrogens with two attached hydrogens (primary N) is 1. The highest BCUT2D eigenvalue weighted by molar-refractivity contribution is 7.89. The van der Waals surface area contributed by atoms with Crippen molar-refractivity contribution in [2.45, 2.75) is 37.2 Å². The van der Waals surface area contributed by atoms with Gasteiger partial charge in [-0.1, -0.05) is 6.07 Å². The summed E-state index contributed by atoms with van der Waals surface area (Å²) in [6.45, 7) is 3.59. The molecule has 0 aromatic heterocycles. The molecule has 1 saturated heterocycles. The van der Waals surface area contributed by atoms with Crippen LogP contribution in [0.5, 0.6) is 0 Å². The molecule has 0 amide bonds. The van der Waals surface area contributed by atoms with Crippen LogP contribution >= 0.6 is 0 Å². The molecule has 2 N–H and O–H groups in total. The predicted molar refractivity (Wildman–Crippen MR) is 82.5 cm³/mol. The highest BCUT2D eigenvalue weighted by Crippen LogP contribution is 2.23. The summed E-state index contributed by atoms with van der Waals surface area (Å²) in [6, 6.07) is 4.04. The van der Waals surface area contributed by atoms with E-state index in [2.05, 4.69) is 0 Å². The van der Waals surface area contributed by atoms with Crippen LogP contribution in [0.2, 0.25) is 0 Å².